The summed E-state index contributed by atoms with van der Waals surface area (Å²) >= 11 is 3.98. The van der Waals surface area contributed by atoms with Crippen molar-refractivity contribution in [1.82, 2.24) is 0 Å². The Bertz CT molecular complexity index is 206. The highest BCUT2D eigenvalue weighted by Gasteiger charge is 2.19. The zero-order valence-corrected chi connectivity index (χ0v) is 10.1. The second-order valence-corrected chi connectivity index (χ2v) is 3.73. The highest BCUT2D eigenvalue weighted by atomic mass is 32.1. The normalized spacial score (nSPS) is 11.9. The summed E-state index contributed by atoms with van der Waals surface area (Å²) in [7, 11) is 0. The van der Waals surface area contributed by atoms with E-state index in [1.165, 1.54) is 0 Å². The van der Waals surface area contributed by atoms with Crippen LogP contribution in [0.15, 0.2) is 0 Å². The van der Waals surface area contributed by atoms with Crippen molar-refractivity contribution >= 4 is 24.6 Å². The molecule has 0 N–H and O–H groups in total. The highest BCUT2D eigenvalue weighted by Crippen LogP contribution is 2.06. The van der Waals surface area contributed by atoms with Gasteiger partial charge in [-0.3, -0.25) is 9.59 Å². The topological polar surface area (TPSA) is 52.6 Å². The van der Waals surface area contributed by atoms with Gasteiger partial charge >= 0.3 is 11.9 Å². The van der Waals surface area contributed by atoms with Gasteiger partial charge in [0.25, 0.3) is 0 Å². The molecule has 0 saturated carbocycles. The van der Waals surface area contributed by atoms with Crippen LogP contribution in [-0.4, -0.2) is 30.4 Å². The predicted octanol–water partition coefficient (Wildman–Crippen LogP) is 1.58. The Morgan fingerprint density at radius 2 is 1.67 bits per heavy atom. The first-order chi connectivity index (χ1) is 7.11. The maximum Gasteiger partial charge on any atom is 0.319 e. The van der Waals surface area contributed by atoms with Crippen LogP contribution in [0, 0.1) is 0 Å². The van der Waals surface area contributed by atoms with E-state index in [0.29, 0.717) is 13.2 Å². The molecule has 0 spiro atoms. The Hall–Kier alpha value is -0.710. The summed E-state index contributed by atoms with van der Waals surface area (Å²) in [6.07, 6.45) is 1.49. The van der Waals surface area contributed by atoms with Crippen molar-refractivity contribution in [1.29, 1.82) is 0 Å². The number of carbonyl (C=O) groups excluding carboxylic acids is 2. The number of hydrogen-bond acceptors (Lipinski definition) is 5. The van der Waals surface area contributed by atoms with Gasteiger partial charge in [-0.15, -0.1) is 0 Å². The van der Waals surface area contributed by atoms with E-state index >= 15 is 0 Å². The van der Waals surface area contributed by atoms with Gasteiger partial charge in [-0.1, -0.05) is 13.8 Å². The predicted molar refractivity (Wildman–Crippen MR) is 59.9 cm³/mol. The second-order valence-electron chi connectivity index (χ2n) is 3.11. The maximum atomic E-state index is 11.2. The van der Waals surface area contributed by atoms with Gasteiger partial charge in [0, 0.05) is 0 Å². The lowest BCUT2D eigenvalue weighted by molar-refractivity contribution is -0.149. The number of hydrogen-bond donors (Lipinski definition) is 1. The van der Waals surface area contributed by atoms with E-state index in [1.807, 2.05) is 13.8 Å². The van der Waals surface area contributed by atoms with Crippen LogP contribution in [0.2, 0.25) is 0 Å². The van der Waals surface area contributed by atoms with Gasteiger partial charge in [-0.05, 0) is 12.8 Å². The van der Waals surface area contributed by atoms with Crippen LogP contribution >= 0.6 is 12.6 Å². The molecule has 0 aliphatic heterocycles. The first-order valence-electron chi connectivity index (χ1n) is 5.12. The van der Waals surface area contributed by atoms with Crippen molar-refractivity contribution < 1.29 is 19.1 Å². The van der Waals surface area contributed by atoms with Gasteiger partial charge in [0.15, 0.2) is 0 Å². The lowest BCUT2D eigenvalue weighted by Gasteiger charge is -2.09. The third-order valence-electron chi connectivity index (χ3n) is 1.55. The lowest BCUT2D eigenvalue weighted by atomic mass is 10.3. The van der Waals surface area contributed by atoms with Crippen LogP contribution in [0.4, 0.5) is 0 Å². The van der Waals surface area contributed by atoms with E-state index in [2.05, 4.69) is 12.6 Å². The molecular formula is C10H18O4S. The van der Waals surface area contributed by atoms with E-state index in [4.69, 9.17) is 9.47 Å². The highest BCUT2D eigenvalue weighted by molar-refractivity contribution is 7.81. The number of ether oxygens (including phenoxy) is 2. The van der Waals surface area contributed by atoms with Crippen molar-refractivity contribution in [2.75, 3.05) is 13.2 Å². The van der Waals surface area contributed by atoms with Crippen molar-refractivity contribution in [3.8, 4) is 0 Å². The molecule has 0 aliphatic rings. The third-order valence-corrected chi connectivity index (χ3v) is 1.94. The van der Waals surface area contributed by atoms with Gasteiger partial charge in [0.1, 0.15) is 5.25 Å². The quantitative estimate of drug-likeness (QED) is 0.537. The largest absolute Gasteiger partial charge is 0.466 e. The maximum absolute atomic E-state index is 11.2. The van der Waals surface area contributed by atoms with Crippen LogP contribution in [0.25, 0.3) is 0 Å². The average Bonchev–Trinajstić information content (AvgIpc) is 2.22. The monoisotopic (exact) mass is 234 g/mol. The minimum Gasteiger partial charge on any atom is -0.466 e. The SMILES string of the molecule is CCCOC(=O)CC(S)C(=O)OCCC. The molecule has 0 fully saturated rings. The molecule has 0 saturated heterocycles. The fourth-order valence-electron chi connectivity index (χ4n) is 0.815. The van der Waals surface area contributed by atoms with Crippen molar-refractivity contribution in [3.63, 3.8) is 0 Å². The Morgan fingerprint density at radius 3 is 2.20 bits per heavy atom. The van der Waals surface area contributed by atoms with Gasteiger partial charge < -0.3 is 9.47 Å². The first kappa shape index (κ1) is 14.3. The molecule has 0 amide bonds. The molecule has 4 nitrogen and oxygen atoms in total. The summed E-state index contributed by atoms with van der Waals surface area (Å²) in [6, 6.07) is 0. The average molecular weight is 234 g/mol. The van der Waals surface area contributed by atoms with Crippen molar-refractivity contribution in [3.05, 3.63) is 0 Å². The summed E-state index contributed by atoms with van der Waals surface area (Å²) in [5, 5.41) is -0.721. The molecule has 88 valence electrons. The third kappa shape index (κ3) is 7.25. The van der Waals surface area contributed by atoms with Gasteiger partial charge in [0.2, 0.25) is 0 Å². The number of esters is 2. The van der Waals surface area contributed by atoms with Crippen molar-refractivity contribution in [2.45, 2.75) is 38.4 Å². The molecular weight excluding hydrogens is 216 g/mol. The summed E-state index contributed by atoms with van der Waals surface area (Å²) in [5.41, 5.74) is 0. The standard InChI is InChI=1S/C10H18O4S/c1-3-5-13-9(11)7-8(15)10(12)14-6-4-2/h8,15H,3-7H2,1-2H3. The molecule has 1 atom stereocenters. The van der Waals surface area contributed by atoms with Gasteiger partial charge in [-0.2, -0.15) is 12.6 Å². The summed E-state index contributed by atoms with van der Waals surface area (Å²) in [4.78, 5) is 22.3. The minimum atomic E-state index is -0.721. The molecule has 0 aliphatic carbocycles. The smallest absolute Gasteiger partial charge is 0.319 e. The van der Waals surface area contributed by atoms with E-state index in [9.17, 15) is 9.59 Å². The van der Waals surface area contributed by atoms with E-state index in [0.717, 1.165) is 12.8 Å². The second kappa shape index (κ2) is 8.59. The first-order valence-corrected chi connectivity index (χ1v) is 5.63. The Kier molecular flexibility index (Phi) is 8.18. The van der Waals surface area contributed by atoms with Crippen LogP contribution < -0.4 is 0 Å². The van der Waals surface area contributed by atoms with E-state index in [-0.39, 0.29) is 6.42 Å². The number of thiol groups is 1. The summed E-state index contributed by atoms with van der Waals surface area (Å²) in [6.45, 7) is 4.54. The van der Waals surface area contributed by atoms with Crippen LogP contribution in [0.1, 0.15) is 33.1 Å². The van der Waals surface area contributed by atoms with E-state index in [1.54, 1.807) is 0 Å². The fourth-order valence-corrected chi connectivity index (χ4v) is 1.04. The zero-order valence-electron chi connectivity index (χ0n) is 9.19. The number of rotatable bonds is 7. The molecule has 0 rings (SSSR count). The Labute approximate surface area is 95.7 Å². The Morgan fingerprint density at radius 1 is 1.13 bits per heavy atom. The minimum absolute atomic E-state index is 0.0361. The fraction of sp³-hybridized carbons (Fsp3) is 0.800. The zero-order chi connectivity index (χ0) is 11.7. The number of carbonyl (C=O) groups is 2. The Balaban J connectivity index is 3.75. The molecule has 1 unspecified atom stereocenters. The molecule has 0 heterocycles. The lowest BCUT2D eigenvalue weighted by Crippen LogP contribution is -2.23. The summed E-state index contributed by atoms with van der Waals surface area (Å²) < 4.78 is 9.66. The van der Waals surface area contributed by atoms with Gasteiger partial charge in [-0.25, -0.2) is 0 Å². The van der Waals surface area contributed by atoms with Crippen molar-refractivity contribution in [2.24, 2.45) is 0 Å². The van der Waals surface area contributed by atoms with Crippen LogP contribution in [0.5, 0.6) is 0 Å². The van der Waals surface area contributed by atoms with E-state index < -0.39 is 17.2 Å². The molecule has 5 heteroatoms. The molecule has 0 aromatic carbocycles. The molecule has 0 aromatic rings. The molecule has 0 aromatic heterocycles. The molecule has 15 heavy (non-hydrogen) atoms. The molecule has 0 radical (unpaired) electrons. The van der Waals surface area contributed by atoms with Crippen LogP contribution in [-0.2, 0) is 19.1 Å². The molecule has 0 bridgehead atoms. The van der Waals surface area contributed by atoms with Crippen LogP contribution in [0.3, 0.4) is 0 Å². The van der Waals surface area contributed by atoms with Gasteiger partial charge in [0.05, 0.1) is 19.6 Å². The summed E-state index contributed by atoms with van der Waals surface area (Å²) in [5.74, 6) is -0.876.